The van der Waals surface area contributed by atoms with Gasteiger partial charge in [0.25, 0.3) is 5.91 Å². The van der Waals surface area contributed by atoms with E-state index in [1.807, 2.05) is 24.3 Å². The third-order valence-electron chi connectivity index (χ3n) is 3.15. The zero-order chi connectivity index (χ0) is 15.4. The topological polar surface area (TPSA) is 73.0 Å². The molecule has 0 unspecified atom stereocenters. The van der Waals surface area contributed by atoms with Crippen molar-refractivity contribution in [1.29, 1.82) is 0 Å². The van der Waals surface area contributed by atoms with Crippen molar-refractivity contribution in [3.63, 3.8) is 0 Å². The molecule has 1 amide bonds. The van der Waals surface area contributed by atoms with Crippen LogP contribution in [0.2, 0.25) is 0 Å². The second kappa shape index (κ2) is 6.57. The lowest BCUT2D eigenvalue weighted by molar-refractivity contribution is 0.0922. The maximum Gasteiger partial charge on any atom is 0.287 e. The Morgan fingerprint density at radius 3 is 2.73 bits per heavy atom. The van der Waals surface area contributed by atoms with E-state index in [1.165, 1.54) is 6.33 Å². The number of amides is 1. The summed E-state index contributed by atoms with van der Waals surface area (Å²) in [4.78, 5) is 15.9. The van der Waals surface area contributed by atoms with Gasteiger partial charge in [0.1, 0.15) is 12.7 Å². The minimum absolute atomic E-state index is 0.249. The minimum Gasteiger partial charge on any atom is -0.444 e. The Morgan fingerprint density at radius 2 is 2.05 bits per heavy atom. The first-order valence-corrected chi connectivity index (χ1v) is 7.44. The van der Waals surface area contributed by atoms with Crippen molar-refractivity contribution in [3.05, 3.63) is 70.6 Å². The van der Waals surface area contributed by atoms with Crippen LogP contribution in [-0.4, -0.2) is 20.7 Å². The van der Waals surface area contributed by atoms with Crippen molar-refractivity contribution in [2.75, 3.05) is 0 Å². The number of halogens is 1. The van der Waals surface area contributed by atoms with Crippen LogP contribution in [0.4, 0.5) is 0 Å². The SMILES string of the molecule is O=C(NCc1ccccc1Cn1cncn1)c1ccc(Br)o1. The van der Waals surface area contributed by atoms with Gasteiger partial charge in [-0.05, 0) is 39.2 Å². The van der Waals surface area contributed by atoms with Crippen LogP contribution in [0.1, 0.15) is 21.7 Å². The van der Waals surface area contributed by atoms with E-state index in [4.69, 9.17) is 4.42 Å². The van der Waals surface area contributed by atoms with Crippen molar-refractivity contribution < 1.29 is 9.21 Å². The maximum absolute atomic E-state index is 12.0. The molecule has 0 atom stereocenters. The Morgan fingerprint density at radius 1 is 1.23 bits per heavy atom. The van der Waals surface area contributed by atoms with Crippen LogP contribution in [0.5, 0.6) is 0 Å². The highest BCUT2D eigenvalue weighted by atomic mass is 79.9. The minimum atomic E-state index is -0.249. The molecule has 22 heavy (non-hydrogen) atoms. The van der Waals surface area contributed by atoms with E-state index in [1.54, 1.807) is 23.1 Å². The normalized spacial score (nSPS) is 10.6. The molecule has 0 aliphatic heterocycles. The molecule has 1 aromatic carbocycles. The zero-order valence-electron chi connectivity index (χ0n) is 11.6. The van der Waals surface area contributed by atoms with Crippen molar-refractivity contribution in [1.82, 2.24) is 20.1 Å². The first-order chi connectivity index (χ1) is 10.7. The number of nitrogens with one attached hydrogen (secondary N) is 1. The highest BCUT2D eigenvalue weighted by Gasteiger charge is 2.11. The Balaban J connectivity index is 1.68. The van der Waals surface area contributed by atoms with Crippen LogP contribution in [0, 0.1) is 0 Å². The lowest BCUT2D eigenvalue weighted by atomic mass is 10.1. The van der Waals surface area contributed by atoms with Gasteiger partial charge in [-0.15, -0.1) is 0 Å². The fraction of sp³-hybridized carbons (Fsp3) is 0.133. The quantitative estimate of drug-likeness (QED) is 0.758. The van der Waals surface area contributed by atoms with Crippen LogP contribution in [0.3, 0.4) is 0 Å². The molecule has 112 valence electrons. The van der Waals surface area contributed by atoms with E-state index in [9.17, 15) is 4.79 Å². The molecule has 0 spiro atoms. The summed E-state index contributed by atoms with van der Waals surface area (Å²) in [6.45, 7) is 1.03. The predicted molar refractivity (Wildman–Crippen MR) is 83.1 cm³/mol. The summed E-state index contributed by atoms with van der Waals surface area (Å²) in [5, 5.41) is 6.95. The number of carbonyl (C=O) groups excluding carboxylic acids is 1. The van der Waals surface area contributed by atoms with Gasteiger partial charge in [0.2, 0.25) is 0 Å². The van der Waals surface area contributed by atoms with Gasteiger partial charge >= 0.3 is 0 Å². The second-order valence-corrected chi connectivity index (χ2v) is 5.43. The largest absolute Gasteiger partial charge is 0.444 e. The monoisotopic (exact) mass is 360 g/mol. The van der Waals surface area contributed by atoms with E-state index < -0.39 is 0 Å². The van der Waals surface area contributed by atoms with Gasteiger partial charge in [0, 0.05) is 6.54 Å². The molecule has 7 heteroatoms. The van der Waals surface area contributed by atoms with E-state index in [-0.39, 0.29) is 11.7 Å². The predicted octanol–water partition coefficient (Wildman–Crippen LogP) is 2.61. The van der Waals surface area contributed by atoms with Crippen LogP contribution in [-0.2, 0) is 13.1 Å². The summed E-state index contributed by atoms with van der Waals surface area (Å²) in [7, 11) is 0. The molecule has 2 aromatic heterocycles. The van der Waals surface area contributed by atoms with Gasteiger partial charge in [-0.2, -0.15) is 5.10 Å². The molecule has 0 saturated carbocycles. The van der Waals surface area contributed by atoms with Crippen LogP contribution < -0.4 is 5.32 Å². The summed E-state index contributed by atoms with van der Waals surface area (Å²) in [6, 6.07) is 11.2. The number of hydrogen-bond donors (Lipinski definition) is 1. The molecule has 0 bridgehead atoms. The smallest absolute Gasteiger partial charge is 0.287 e. The van der Waals surface area contributed by atoms with Gasteiger partial charge in [-0.1, -0.05) is 24.3 Å². The van der Waals surface area contributed by atoms with E-state index in [0.29, 0.717) is 17.8 Å². The molecule has 0 aliphatic carbocycles. The summed E-state index contributed by atoms with van der Waals surface area (Å²) < 4.78 is 7.50. The van der Waals surface area contributed by atoms with Crippen molar-refractivity contribution >= 4 is 21.8 Å². The molecule has 0 aliphatic rings. The third-order valence-corrected chi connectivity index (χ3v) is 3.58. The van der Waals surface area contributed by atoms with Gasteiger partial charge in [0.15, 0.2) is 10.4 Å². The Bertz CT molecular complexity index is 767. The highest BCUT2D eigenvalue weighted by molar-refractivity contribution is 9.10. The summed E-state index contributed by atoms with van der Waals surface area (Å²) in [5.41, 5.74) is 2.10. The second-order valence-electron chi connectivity index (χ2n) is 4.65. The Hall–Kier alpha value is -2.41. The van der Waals surface area contributed by atoms with Crippen LogP contribution in [0.15, 0.2) is 58.1 Å². The lowest BCUT2D eigenvalue weighted by Crippen LogP contribution is -2.23. The van der Waals surface area contributed by atoms with Gasteiger partial charge in [-0.25, -0.2) is 9.67 Å². The lowest BCUT2D eigenvalue weighted by Gasteiger charge is -2.10. The van der Waals surface area contributed by atoms with Crippen molar-refractivity contribution in [2.24, 2.45) is 0 Å². The number of benzene rings is 1. The van der Waals surface area contributed by atoms with E-state index in [2.05, 4.69) is 31.3 Å². The standard InChI is InChI=1S/C15H13BrN4O2/c16-14-6-5-13(22-14)15(21)18-7-11-3-1-2-4-12(11)8-20-10-17-9-19-20/h1-6,9-10H,7-8H2,(H,18,21). The number of carbonyl (C=O) groups is 1. The fourth-order valence-corrected chi connectivity index (χ4v) is 2.38. The maximum atomic E-state index is 12.0. The average Bonchev–Trinajstić information content (AvgIpc) is 3.18. The molecular formula is C15H13BrN4O2. The summed E-state index contributed by atoms with van der Waals surface area (Å²) in [6.07, 6.45) is 3.16. The van der Waals surface area contributed by atoms with Crippen molar-refractivity contribution in [3.8, 4) is 0 Å². The van der Waals surface area contributed by atoms with Crippen LogP contribution in [0.25, 0.3) is 0 Å². The fourth-order valence-electron chi connectivity index (χ4n) is 2.07. The molecule has 0 fully saturated rings. The molecule has 3 aromatic rings. The molecule has 0 saturated heterocycles. The highest BCUT2D eigenvalue weighted by Crippen LogP contribution is 2.14. The van der Waals surface area contributed by atoms with Crippen molar-refractivity contribution in [2.45, 2.75) is 13.1 Å². The molecular weight excluding hydrogens is 348 g/mol. The third kappa shape index (κ3) is 3.43. The molecule has 3 rings (SSSR count). The Labute approximate surface area is 135 Å². The van der Waals surface area contributed by atoms with E-state index >= 15 is 0 Å². The van der Waals surface area contributed by atoms with Crippen LogP contribution >= 0.6 is 15.9 Å². The average molecular weight is 361 g/mol. The zero-order valence-corrected chi connectivity index (χ0v) is 13.2. The van der Waals surface area contributed by atoms with Gasteiger partial charge < -0.3 is 9.73 Å². The number of rotatable bonds is 5. The molecule has 1 N–H and O–H groups in total. The summed E-state index contributed by atoms with van der Waals surface area (Å²) in [5.74, 6) is 0.0295. The number of nitrogens with zero attached hydrogens (tertiary/aromatic N) is 3. The van der Waals surface area contributed by atoms with Gasteiger partial charge in [0.05, 0.1) is 6.54 Å². The first-order valence-electron chi connectivity index (χ1n) is 6.65. The Kier molecular flexibility index (Phi) is 4.34. The summed E-state index contributed by atoms with van der Waals surface area (Å²) >= 11 is 3.18. The molecule has 0 radical (unpaired) electrons. The number of hydrogen-bond acceptors (Lipinski definition) is 4. The van der Waals surface area contributed by atoms with E-state index in [0.717, 1.165) is 11.1 Å². The number of furan rings is 1. The molecule has 2 heterocycles. The molecule has 6 nitrogen and oxygen atoms in total. The van der Waals surface area contributed by atoms with Gasteiger partial charge in [-0.3, -0.25) is 4.79 Å². The first kappa shape index (κ1) is 14.5. The number of aromatic nitrogens is 3.